The van der Waals surface area contributed by atoms with Gasteiger partial charge in [-0.25, -0.2) is 0 Å². The Labute approximate surface area is 135 Å². The summed E-state index contributed by atoms with van der Waals surface area (Å²) >= 11 is 0. The van der Waals surface area contributed by atoms with Gasteiger partial charge in [0.2, 0.25) is 5.91 Å². The third-order valence-electron chi connectivity index (χ3n) is 7.58. The fraction of sp³-hybridized carbons (Fsp3) is 0.850. The van der Waals surface area contributed by atoms with E-state index in [0.29, 0.717) is 11.3 Å². The molecular weight excluding hydrogens is 270 g/mol. The van der Waals surface area contributed by atoms with Gasteiger partial charge in [0.15, 0.2) is 0 Å². The van der Waals surface area contributed by atoms with Crippen molar-refractivity contribution in [2.75, 3.05) is 13.1 Å². The van der Waals surface area contributed by atoms with Gasteiger partial charge < -0.3 is 4.90 Å². The van der Waals surface area contributed by atoms with Crippen molar-refractivity contribution in [2.45, 2.75) is 65.7 Å². The molecule has 1 aliphatic heterocycles. The van der Waals surface area contributed by atoms with Crippen molar-refractivity contribution in [3.63, 3.8) is 0 Å². The monoisotopic (exact) mass is 301 g/mol. The molecule has 1 amide bonds. The minimum absolute atomic E-state index is 0.208. The van der Waals surface area contributed by atoms with E-state index in [1.54, 1.807) is 5.57 Å². The largest absolute Gasteiger partial charge is 0.342 e. The lowest BCUT2D eigenvalue weighted by atomic mass is 9.67. The quantitative estimate of drug-likeness (QED) is 0.692. The summed E-state index contributed by atoms with van der Waals surface area (Å²) in [6.45, 7) is 8.84. The van der Waals surface area contributed by atoms with Crippen LogP contribution in [0.15, 0.2) is 11.6 Å². The zero-order chi connectivity index (χ0) is 15.5. The van der Waals surface area contributed by atoms with Crippen LogP contribution in [0.5, 0.6) is 0 Å². The summed E-state index contributed by atoms with van der Waals surface area (Å²) < 4.78 is 0. The Balaban J connectivity index is 1.51. The van der Waals surface area contributed by atoms with E-state index < -0.39 is 0 Å². The van der Waals surface area contributed by atoms with Crippen LogP contribution in [-0.4, -0.2) is 23.9 Å². The van der Waals surface area contributed by atoms with E-state index >= 15 is 0 Å². The molecule has 1 saturated heterocycles. The van der Waals surface area contributed by atoms with Crippen molar-refractivity contribution < 1.29 is 4.79 Å². The summed E-state index contributed by atoms with van der Waals surface area (Å²) in [5.74, 6) is 3.04. The molecule has 0 radical (unpaired) electrons. The standard InChI is InChI=1S/C20H31NO/c1-4-19(2)5-7-21(8-6-19)18(22)20(3)12-14-9-15-11-16(13-20)17(15)10-14/h13-15,17H,4-12H2,1-3H3. The van der Waals surface area contributed by atoms with Crippen molar-refractivity contribution in [2.24, 2.45) is 28.6 Å². The summed E-state index contributed by atoms with van der Waals surface area (Å²) in [6.07, 6.45) is 11.1. The van der Waals surface area contributed by atoms with Crippen molar-refractivity contribution in [3.05, 3.63) is 11.6 Å². The molecule has 0 aromatic rings. The maximum Gasteiger partial charge on any atom is 0.232 e. The van der Waals surface area contributed by atoms with Crippen molar-refractivity contribution in [3.8, 4) is 0 Å². The molecule has 4 aliphatic rings. The Kier molecular flexibility index (Phi) is 3.26. The third-order valence-corrected chi connectivity index (χ3v) is 7.58. The van der Waals surface area contributed by atoms with Gasteiger partial charge in [-0.3, -0.25) is 4.79 Å². The number of piperidine rings is 1. The summed E-state index contributed by atoms with van der Waals surface area (Å²) in [5, 5.41) is 0. The van der Waals surface area contributed by atoms with E-state index in [4.69, 9.17) is 0 Å². The summed E-state index contributed by atoms with van der Waals surface area (Å²) in [7, 11) is 0. The molecule has 4 unspecified atom stereocenters. The number of hydrogen-bond acceptors (Lipinski definition) is 1. The minimum Gasteiger partial charge on any atom is -0.342 e. The summed E-state index contributed by atoms with van der Waals surface area (Å²) in [4.78, 5) is 15.4. The number of carbonyl (C=O) groups excluding carboxylic acids is 1. The van der Waals surface area contributed by atoms with Crippen LogP contribution < -0.4 is 0 Å². The average Bonchev–Trinajstić information content (AvgIpc) is 2.74. The zero-order valence-corrected chi connectivity index (χ0v) is 14.5. The van der Waals surface area contributed by atoms with Crippen LogP contribution in [0.4, 0.5) is 0 Å². The van der Waals surface area contributed by atoms with E-state index in [9.17, 15) is 4.79 Å². The highest BCUT2D eigenvalue weighted by atomic mass is 16.2. The number of likely N-dealkylation sites (tertiary alicyclic amines) is 1. The Morgan fingerprint density at radius 2 is 2.00 bits per heavy atom. The Morgan fingerprint density at radius 3 is 2.68 bits per heavy atom. The minimum atomic E-state index is -0.208. The molecule has 2 bridgehead atoms. The summed E-state index contributed by atoms with van der Waals surface area (Å²) in [5.41, 5.74) is 1.87. The van der Waals surface area contributed by atoms with Gasteiger partial charge in [0.1, 0.15) is 0 Å². The van der Waals surface area contributed by atoms with Crippen LogP contribution in [-0.2, 0) is 4.79 Å². The lowest BCUT2D eigenvalue weighted by Gasteiger charge is -2.43. The van der Waals surface area contributed by atoms with Crippen molar-refractivity contribution >= 4 is 5.91 Å². The maximum absolute atomic E-state index is 13.2. The first-order valence-electron chi connectivity index (χ1n) is 9.43. The molecule has 2 nitrogen and oxygen atoms in total. The summed E-state index contributed by atoms with van der Waals surface area (Å²) in [6, 6.07) is 0. The van der Waals surface area contributed by atoms with Crippen LogP contribution in [0.2, 0.25) is 0 Å². The van der Waals surface area contributed by atoms with Gasteiger partial charge in [-0.15, -0.1) is 0 Å². The molecule has 4 rings (SSSR count). The first kappa shape index (κ1) is 14.8. The molecule has 3 fully saturated rings. The van der Waals surface area contributed by atoms with E-state index in [2.05, 4.69) is 31.7 Å². The van der Waals surface area contributed by atoms with E-state index in [-0.39, 0.29) is 5.41 Å². The third kappa shape index (κ3) is 2.17. The second kappa shape index (κ2) is 4.85. The number of allylic oxidation sites excluding steroid dienone is 1. The number of carbonyl (C=O) groups is 1. The molecule has 0 spiro atoms. The van der Waals surface area contributed by atoms with Crippen LogP contribution >= 0.6 is 0 Å². The molecule has 122 valence electrons. The van der Waals surface area contributed by atoms with E-state index in [0.717, 1.165) is 37.3 Å². The van der Waals surface area contributed by atoms with Crippen molar-refractivity contribution in [1.82, 2.24) is 4.90 Å². The molecule has 0 aromatic carbocycles. The highest BCUT2D eigenvalue weighted by Crippen LogP contribution is 2.59. The molecule has 2 saturated carbocycles. The molecule has 1 heterocycles. The average molecular weight is 301 g/mol. The first-order valence-corrected chi connectivity index (χ1v) is 9.43. The SMILES string of the molecule is CCC1(C)CCN(C(=O)C2(C)C=C3CC4CC(CC34)C2)CC1. The predicted molar refractivity (Wildman–Crippen MR) is 89.3 cm³/mol. The van der Waals surface area contributed by atoms with Crippen LogP contribution in [0, 0.1) is 28.6 Å². The number of hydrogen-bond donors (Lipinski definition) is 0. The van der Waals surface area contributed by atoms with Gasteiger partial charge in [0.05, 0.1) is 5.41 Å². The van der Waals surface area contributed by atoms with E-state index in [1.165, 1.54) is 38.5 Å². The Hall–Kier alpha value is -0.790. The van der Waals surface area contributed by atoms with Gasteiger partial charge >= 0.3 is 0 Å². The number of fused-ring (bicyclic) bond motifs is 1. The van der Waals surface area contributed by atoms with Gasteiger partial charge in [-0.2, -0.15) is 0 Å². The molecule has 4 atom stereocenters. The van der Waals surface area contributed by atoms with Crippen LogP contribution in [0.1, 0.15) is 65.7 Å². The highest BCUT2D eigenvalue weighted by molar-refractivity contribution is 5.85. The maximum atomic E-state index is 13.2. The molecule has 22 heavy (non-hydrogen) atoms. The molecule has 0 aromatic heterocycles. The van der Waals surface area contributed by atoms with Gasteiger partial charge in [-0.1, -0.05) is 31.9 Å². The van der Waals surface area contributed by atoms with Gasteiger partial charge in [-0.05, 0) is 68.6 Å². The molecular formula is C20H31NO. The molecule has 2 heteroatoms. The second-order valence-electron chi connectivity index (χ2n) is 9.21. The Bertz CT molecular complexity index is 514. The lowest BCUT2D eigenvalue weighted by Crippen LogP contribution is -2.48. The number of nitrogens with zero attached hydrogens (tertiary/aromatic N) is 1. The fourth-order valence-electron chi connectivity index (χ4n) is 5.73. The topological polar surface area (TPSA) is 20.3 Å². The molecule has 3 aliphatic carbocycles. The first-order chi connectivity index (χ1) is 10.4. The fourth-order valence-corrected chi connectivity index (χ4v) is 5.73. The van der Waals surface area contributed by atoms with Crippen molar-refractivity contribution in [1.29, 1.82) is 0 Å². The number of rotatable bonds is 2. The second-order valence-corrected chi connectivity index (χ2v) is 9.21. The lowest BCUT2D eigenvalue weighted by molar-refractivity contribution is -0.142. The normalized spacial score (nSPS) is 42.4. The van der Waals surface area contributed by atoms with Gasteiger partial charge in [0.25, 0.3) is 0 Å². The zero-order valence-electron chi connectivity index (χ0n) is 14.5. The van der Waals surface area contributed by atoms with Crippen LogP contribution in [0.25, 0.3) is 0 Å². The number of amides is 1. The Morgan fingerprint density at radius 1 is 1.27 bits per heavy atom. The highest BCUT2D eigenvalue weighted by Gasteiger charge is 2.51. The molecule has 0 N–H and O–H groups in total. The predicted octanol–water partition coefficient (Wildman–Crippen LogP) is 4.41. The van der Waals surface area contributed by atoms with Crippen LogP contribution in [0.3, 0.4) is 0 Å². The smallest absolute Gasteiger partial charge is 0.232 e. The van der Waals surface area contributed by atoms with E-state index in [1.807, 2.05) is 0 Å². The van der Waals surface area contributed by atoms with Gasteiger partial charge in [0, 0.05) is 13.1 Å².